The van der Waals surface area contributed by atoms with Crippen molar-refractivity contribution in [3.8, 4) is 11.1 Å². The second kappa shape index (κ2) is 7.65. The Labute approximate surface area is 173 Å². The van der Waals surface area contributed by atoms with Crippen molar-refractivity contribution in [1.82, 2.24) is 19.6 Å². The van der Waals surface area contributed by atoms with Crippen LogP contribution in [0.1, 0.15) is 55.6 Å². The molecule has 0 amide bonds. The van der Waals surface area contributed by atoms with E-state index < -0.39 is 0 Å². The molecule has 0 aromatic carbocycles. The van der Waals surface area contributed by atoms with Gasteiger partial charge in [-0.2, -0.15) is 9.61 Å². The van der Waals surface area contributed by atoms with Gasteiger partial charge in [-0.15, -0.1) is 0 Å². The van der Waals surface area contributed by atoms with Crippen LogP contribution in [-0.4, -0.2) is 39.7 Å². The monoisotopic (exact) mass is 392 g/mol. The molecule has 29 heavy (non-hydrogen) atoms. The first kappa shape index (κ1) is 19.7. The second-order valence-corrected chi connectivity index (χ2v) is 8.34. The summed E-state index contributed by atoms with van der Waals surface area (Å²) in [6.07, 6.45) is 7.45. The van der Waals surface area contributed by atoms with Crippen molar-refractivity contribution in [2.45, 2.75) is 65.8 Å². The molecule has 1 aliphatic carbocycles. The number of pyridine rings is 1. The molecule has 6 heteroatoms. The van der Waals surface area contributed by atoms with E-state index in [-0.39, 0.29) is 0 Å². The van der Waals surface area contributed by atoms with Crippen LogP contribution in [0.15, 0.2) is 12.3 Å². The topological polar surface area (TPSA) is 58.4 Å². The summed E-state index contributed by atoms with van der Waals surface area (Å²) in [6, 6.07) is 2.58. The zero-order valence-corrected chi connectivity index (χ0v) is 18.5. The molecule has 0 fully saturated rings. The van der Waals surface area contributed by atoms with E-state index in [1.165, 1.54) is 23.2 Å². The fourth-order valence-corrected chi connectivity index (χ4v) is 4.33. The molecule has 0 bridgehead atoms. The van der Waals surface area contributed by atoms with E-state index in [4.69, 9.17) is 10.1 Å². The largest absolute Gasteiger partial charge is 0.367 e. The molecule has 0 unspecified atom stereocenters. The van der Waals surface area contributed by atoms with Gasteiger partial charge in [-0.05, 0) is 57.6 Å². The minimum Gasteiger partial charge on any atom is -0.367 e. The molecule has 154 valence electrons. The predicted octanol–water partition coefficient (Wildman–Crippen LogP) is 4.56. The molecule has 1 aliphatic rings. The normalized spacial score (nSPS) is 13.3. The van der Waals surface area contributed by atoms with Crippen LogP contribution in [-0.2, 0) is 12.8 Å². The Morgan fingerprint density at radius 2 is 1.93 bits per heavy atom. The number of nitrogens with one attached hydrogen (secondary N) is 1. The Morgan fingerprint density at radius 3 is 2.59 bits per heavy atom. The van der Waals surface area contributed by atoms with E-state index in [0.29, 0.717) is 6.04 Å². The lowest BCUT2D eigenvalue weighted by atomic mass is 10.0. The van der Waals surface area contributed by atoms with E-state index in [1.807, 2.05) is 29.7 Å². The molecule has 0 saturated carbocycles. The summed E-state index contributed by atoms with van der Waals surface area (Å²) in [5.74, 6) is 2.10. The third kappa shape index (κ3) is 3.34. The van der Waals surface area contributed by atoms with Gasteiger partial charge in [0, 0.05) is 43.2 Å². The van der Waals surface area contributed by atoms with Crippen LogP contribution in [0.5, 0.6) is 0 Å². The van der Waals surface area contributed by atoms with Gasteiger partial charge >= 0.3 is 0 Å². The van der Waals surface area contributed by atoms with Crippen molar-refractivity contribution < 1.29 is 0 Å². The maximum Gasteiger partial charge on any atom is 0.165 e. The number of fused-ring (bicyclic) bond motifs is 2. The first-order valence-corrected chi connectivity index (χ1v) is 10.8. The lowest BCUT2D eigenvalue weighted by Gasteiger charge is -2.20. The van der Waals surface area contributed by atoms with Crippen LogP contribution in [0.2, 0.25) is 0 Å². The summed E-state index contributed by atoms with van der Waals surface area (Å²) in [5, 5.41) is 8.73. The van der Waals surface area contributed by atoms with E-state index in [9.17, 15) is 0 Å². The number of aryl methyl sites for hydroxylation is 3. The molecule has 0 spiro atoms. The molecule has 3 heterocycles. The van der Waals surface area contributed by atoms with Crippen molar-refractivity contribution in [3.05, 3.63) is 34.8 Å². The molecule has 0 radical (unpaired) electrons. The van der Waals surface area contributed by atoms with Gasteiger partial charge in [0.05, 0.1) is 11.3 Å². The van der Waals surface area contributed by atoms with Gasteiger partial charge in [0.2, 0.25) is 0 Å². The van der Waals surface area contributed by atoms with Crippen LogP contribution >= 0.6 is 0 Å². The smallest absolute Gasteiger partial charge is 0.165 e. The van der Waals surface area contributed by atoms with Gasteiger partial charge in [-0.25, -0.2) is 9.97 Å². The van der Waals surface area contributed by atoms with E-state index in [2.05, 4.69) is 44.1 Å². The summed E-state index contributed by atoms with van der Waals surface area (Å²) in [7, 11) is 4.03. The Morgan fingerprint density at radius 1 is 1.17 bits per heavy atom. The average molecular weight is 393 g/mol. The summed E-state index contributed by atoms with van der Waals surface area (Å²) in [4.78, 5) is 11.8. The molecule has 3 aromatic rings. The summed E-state index contributed by atoms with van der Waals surface area (Å²) in [5.41, 5.74) is 7.91. The Bertz CT molecular complexity index is 1050. The van der Waals surface area contributed by atoms with Crippen LogP contribution < -0.4 is 10.2 Å². The number of aromatic nitrogens is 4. The molecule has 4 rings (SSSR count). The highest BCUT2D eigenvalue weighted by Gasteiger charge is 2.25. The van der Waals surface area contributed by atoms with Gasteiger partial charge < -0.3 is 10.2 Å². The molecular formula is C23H32N6. The number of hydrogen-bond donors (Lipinski definition) is 1. The minimum absolute atomic E-state index is 0.445. The molecule has 0 saturated heterocycles. The van der Waals surface area contributed by atoms with Crippen molar-refractivity contribution in [3.63, 3.8) is 0 Å². The standard InChI is InChI=1S/C23H32N6/c1-7-16(8-2)25-22-17-10-9-11-19(17)26-23-21(15(4)27-29(22)23)18-13-24-20(28(5)6)12-14(18)3/h12-13,16,25H,7-11H2,1-6H3. The molecular weight excluding hydrogens is 360 g/mol. The third-order valence-electron chi connectivity index (χ3n) is 6.11. The highest BCUT2D eigenvalue weighted by atomic mass is 15.3. The minimum atomic E-state index is 0.445. The van der Waals surface area contributed by atoms with Crippen LogP contribution in [0.25, 0.3) is 16.8 Å². The SMILES string of the molecule is CCC(CC)Nc1c2c(nc3c(-c4cnc(N(C)C)cc4C)c(C)nn13)CCC2. The number of nitrogens with zero attached hydrogens (tertiary/aromatic N) is 5. The fraction of sp³-hybridized carbons (Fsp3) is 0.522. The first-order chi connectivity index (χ1) is 13.9. The Balaban J connectivity index is 1.93. The van der Waals surface area contributed by atoms with E-state index in [0.717, 1.165) is 59.8 Å². The highest BCUT2D eigenvalue weighted by Crippen LogP contribution is 2.36. The van der Waals surface area contributed by atoms with Crippen molar-refractivity contribution >= 4 is 17.3 Å². The van der Waals surface area contributed by atoms with Gasteiger partial charge in [-0.3, -0.25) is 0 Å². The van der Waals surface area contributed by atoms with Gasteiger partial charge in [0.25, 0.3) is 0 Å². The maximum atomic E-state index is 5.09. The predicted molar refractivity (Wildman–Crippen MR) is 120 cm³/mol. The fourth-order valence-electron chi connectivity index (χ4n) is 4.33. The second-order valence-electron chi connectivity index (χ2n) is 8.34. The Kier molecular flexibility index (Phi) is 5.19. The van der Waals surface area contributed by atoms with Crippen molar-refractivity contribution in [2.75, 3.05) is 24.3 Å². The van der Waals surface area contributed by atoms with Gasteiger partial charge in [0.15, 0.2) is 5.65 Å². The van der Waals surface area contributed by atoms with Crippen molar-refractivity contribution in [1.29, 1.82) is 0 Å². The number of anilines is 2. The van der Waals surface area contributed by atoms with E-state index >= 15 is 0 Å². The molecule has 0 atom stereocenters. The average Bonchev–Trinajstić information content (AvgIpc) is 3.29. The van der Waals surface area contributed by atoms with Gasteiger partial charge in [-0.1, -0.05) is 13.8 Å². The summed E-state index contributed by atoms with van der Waals surface area (Å²) >= 11 is 0. The summed E-state index contributed by atoms with van der Waals surface area (Å²) < 4.78 is 2.05. The summed E-state index contributed by atoms with van der Waals surface area (Å²) in [6.45, 7) is 8.70. The first-order valence-electron chi connectivity index (χ1n) is 10.8. The quantitative estimate of drug-likeness (QED) is 0.666. The lowest BCUT2D eigenvalue weighted by molar-refractivity contribution is 0.661. The molecule has 0 aliphatic heterocycles. The zero-order valence-electron chi connectivity index (χ0n) is 18.5. The van der Waals surface area contributed by atoms with Crippen LogP contribution in [0.3, 0.4) is 0 Å². The van der Waals surface area contributed by atoms with Crippen LogP contribution in [0, 0.1) is 13.8 Å². The lowest BCUT2D eigenvalue weighted by Crippen LogP contribution is -2.21. The van der Waals surface area contributed by atoms with Gasteiger partial charge in [0.1, 0.15) is 11.6 Å². The maximum absolute atomic E-state index is 5.09. The zero-order chi connectivity index (χ0) is 20.7. The van der Waals surface area contributed by atoms with Crippen molar-refractivity contribution in [2.24, 2.45) is 0 Å². The molecule has 3 aromatic heterocycles. The van der Waals surface area contributed by atoms with Crippen LogP contribution in [0.4, 0.5) is 11.6 Å². The third-order valence-corrected chi connectivity index (χ3v) is 6.11. The number of hydrogen-bond acceptors (Lipinski definition) is 5. The van der Waals surface area contributed by atoms with E-state index in [1.54, 1.807) is 0 Å². The highest BCUT2D eigenvalue weighted by molar-refractivity contribution is 5.83. The molecule has 6 nitrogen and oxygen atoms in total. The Hall–Kier alpha value is -2.63. The number of rotatable bonds is 6. The molecule has 1 N–H and O–H groups in total.